The highest BCUT2D eigenvalue weighted by molar-refractivity contribution is 6.81. The Morgan fingerprint density at radius 3 is 2.19 bits per heavy atom. The number of alkyl halides is 2. The molecule has 0 saturated heterocycles. The normalized spacial score (nSPS) is 12.6. The van der Waals surface area contributed by atoms with E-state index >= 15 is 0 Å². The number of hydrogen-bond donors (Lipinski definition) is 0. The molecule has 0 bridgehead atoms. The third-order valence-electron chi connectivity index (χ3n) is 2.43. The third-order valence-corrected chi connectivity index (χ3v) is 4.52. The Labute approximate surface area is 97.4 Å². The Bertz CT molecular complexity index is 225. The van der Waals surface area contributed by atoms with Gasteiger partial charge in [-0.3, -0.25) is 0 Å². The Morgan fingerprint density at radius 1 is 1.19 bits per heavy atom. The molecule has 0 saturated carbocycles. The summed E-state index contributed by atoms with van der Waals surface area (Å²) in [7, 11) is -2.83. The minimum atomic E-state index is -3.28. The average Bonchev–Trinajstić information content (AvgIpc) is 2.15. The number of carbonyl (C=O) groups is 1. The van der Waals surface area contributed by atoms with Crippen molar-refractivity contribution in [3.8, 4) is 0 Å². The largest absolute Gasteiger partial charge is 0.462 e. The molecule has 0 aliphatic rings. The highest BCUT2D eigenvalue weighted by atomic mass is 28.3. The van der Waals surface area contributed by atoms with Crippen LogP contribution in [0.5, 0.6) is 0 Å². The fourth-order valence-electron chi connectivity index (χ4n) is 1.09. The zero-order chi connectivity index (χ0) is 12.8. The maximum atomic E-state index is 13.5. The smallest absolute Gasteiger partial charge is 0.372 e. The Hall–Kier alpha value is -0.453. The lowest BCUT2D eigenvalue weighted by atomic mass is 10.2. The fourth-order valence-corrected chi connectivity index (χ4v) is 1.78. The van der Waals surface area contributed by atoms with E-state index < -0.39 is 19.6 Å². The summed E-state index contributed by atoms with van der Waals surface area (Å²) in [6, 6.07) is 0. The molecule has 0 unspecified atom stereocenters. The van der Waals surface area contributed by atoms with Gasteiger partial charge < -0.3 is 4.74 Å². The van der Waals surface area contributed by atoms with Gasteiger partial charge in [-0.2, -0.15) is 8.78 Å². The molecule has 0 atom stereocenters. The molecular weight excluding hydrogens is 230 g/mol. The predicted octanol–water partition coefficient (Wildman–Crippen LogP) is 3.62. The number of carbonyl (C=O) groups excluding carboxylic acids is 1. The van der Waals surface area contributed by atoms with Crippen molar-refractivity contribution in [2.24, 2.45) is 0 Å². The lowest BCUT2D eigenvalue weighted by Gasteiger charge is -2.26. The van der Waals surface area contributed by atoms with Crippen molar-refractivity contribution in [3.05, 3.63) is 0 Å². The van der Waals surface area contributed by atoms with E-state index in [0.717, 1.165) is 19.3 Å². The van der Waals surface area contributed by atoms with Crippen molar-refractivity contribution < 1.29 is 18.3 Å². The van der Waals surface area contributed by atoms with Gasteiger partial charge in [0, 0.05) is 0 Å². The van der Waals surface area contributed by atoms with E-state index in [9.17, 15) is 13.6 Å². The first kappa shape index (κ1) is 15.5. The summed E-state index contributed by atoms with van der Waals surface area (Å²) in [5, 5.41) is 0. The molecule has 96 valence electrons. The van der Waals surface area contributed by atoms with Gasteiger partial charge in [0.25, 0.3) is 0 Å². The molecular formula is C11H22F2O2Si. The molecule has 0 rings (SSSR count). The first-order chi connectivity index (χ1) is 7.23. The van der Waals surface area contributed by atoms with Gasteiger partial charge in [-0.25, -0.2) is 4.79 Å². The van der Waals surface area contributed by atoms with Crippen LogP contribution in [0.3, 0.4) is 0 Å². The lowest BCUT2D eigenvalue weighted by molar-refractivity contribution is -0.162. The summed E-state index contributed by atoms with van der Waals surface area (Å²) < 4.78 is 31.6. The van der Waals surface area contributed by atoms with Gasteiger partial charge in [0.05, 0.1) is 6.61 Å². The molecule has 0 fully saturated rings. The number of unbranched alkanes of at least 4 members (excludes halogenated alkanes) is 3. The van der Waals surface area contributed by atoms with Crippen molar-refractivity contribution >= 4 is 14.0 Å². The van der Waals surface area contributed by atoms with Gasteiger partial charge in [-0.05, 0) is 6.42 Å². The quantitative estimate of drug-likeness (QED) is 0.393. The standard InChI is InChI=1S/C11H22F2O2Si/c1-5-6-7-8-9-15-10(14)11(12,13)16(2,3)4/h5-9H2,1-4H3. The molecule has 16 heavy (non-hydrogen) atoms. The SMILES string of the molecule is CCCCCCOC(=O)C(F)(F)[Si](C)(C)C. The summed E-state index contributed by atoms with van der Waals surface area (Å²) in [6.07, 6.45) is 3.70. The highest BCUT2D eigenvalue weighted by Gasteiger charge is 2.53. The van der Waals surface area contributed by atoms with Crippen LogP contribution in [-0.2, 0) is 9.53 Å². The average molecular weight is 252 g/mol. The Balaban J connectivity index is 3.98. The van der Waals surface area contributed by atoms with Gasteiger partial charge in [-0.15, -0.1) is 0 Å². The molecule has 0 spiro atoms. The van der Waals surface area contributed by atoms with Gasteiger partial charge in [0.2, 0.25) is 0 Å². The van der Waals surface area contributed by atoms with E-state index in [-0.39, 0.29) is 6.61 Å². The summed E-state index contributed by atoms with van der Waals surface area (Å²) >= 11 is 0. The van der Waals surface area contributed by atoms with Crippen molar-refractivity contribution in [1.29, 1.82) is 0 Å². The number of ether oxygens (including phenoxy) is 1. The molecule has 5 heteroatoms. The molecule has 0 aromatic rings. The minimum Gasteiger partial charge on any atom is -0.462 e. The van der Waals surface area contributed by atoms with Gasteiger partial charge in [0.15, 0.2) is 0 Å². The monoisotopic (exact) mass is 252 g/mol. The Morgan fingerprint density at radius 2 is 1.75 bits per heavy atom. The molecule has 0 aromatic heterocycles. The highest BCUT2D eigenvalue weighted by Crippen LogP contribution is 2.28. The topological polar surface area (TPSA) is 26.3 Å². The summed E-state index contributed by atoms with van der Waals surface area (Å²) in [5.41, 5.74) is -3.28. The number of rotatable bonds is 7. The van der Waals surface area contributed by atoms with E-state index in [0.29, 0.717) is 6.42 Å². The van der Waals surface area contributed by atoms with Crippen LogP contribution in [0.25, 0.3) is 0 Å². The molecule has 0 radical (unpaired) electrons. The molecule has 2 nitrogen and oxygen atoms in total. The first-order valence-corrected chi connectivity index (χ1v) is 9.28. The van der Waals surface area contributed by atoms with E-state index in [1.54, 1.807) is 0 Å². The number of hydrogen-bond acceptors (Lipinski definition) is 2. The Kier molecular flexibility index (Phi) is 6.14. The van der Waals surface area contributed by atoms with E-state index in [2.05, 4.69) is 11.7 Å². The van der Waals surface area contributed by atoms with Gasteiger partial charge in [-0.1, -0.05) is 45.8 Å². The predicted molar refractivity (Wildman–Crippen MR) is 63.4 cm³/mol. The van der Waals surface area contributed by atoms with Crippen molar-refractivity contribution in [2.45, 2.75) is 57.8 Å². The minimum absolute atomic E-state index is 0.110. The summed E-state index contributed by atoms with van der Waals surface area (Å²) in [6.45, 7) is 6.56. The van der Waals surface area contributed by atoms with Crippen LogP contribution in [0.1, 0.15) is 32.6 Å². The second-order valence-electron chi connectivity index (χ2n) is 5.02. The van der Waals surface area contributed by atoms with E-state index in [1.165, 1.54) is 19.6 Å². The van der Waals surface area contributed by atoms with E-state index in [1.807, 2.05) is 0 Å². The van der Waals surface area contributed by atoms with Gasteiger partial charge in [0.1, 0.15) is 8.07 Å². The molecule has 0 aromatic carbocycles. The van der Waals surface area contributed by atoms with Crippen molar-refractivity contribution in [2.75, 3.05) is 6.61 Å². The van der Waals surface area contributed by atoms with Crippen LogP contribution >= 0.6 is 0 Å². The summed E-state index contributed by atoms with van der Waals surface area (Å²) in [5.74, 6) is -1.34. The number of esters is 1. The zero-order valence-corrected chi connectivity index (χ0v) is 11.6. The van der Waals surface area contributed by atoms with E-state index in [4.69, 9.17) is 0 Å². The van der Waals surface area contributed by atoms with Crippen LogP contribution < -0.4 is 0 Å². The molecule has 0 amide bonds. The second kappa shape index (κ2) is 6.32. The van der Waals surface area contributed by atoms with Crippen LogP contribution in [0, 0.1) is 0 Å². The molecule has 0 N–H and O–H groups in total. The second-order valence-corrected chi connectivity index (χ2v) is 10.1. The van der Waals surface area contributed by atoms with Crippen LogP contribution in [0.4, 0.5) is 8.78 Å². The lowest BCUT2D eigenvalue weighted by Crippen LogP contribution is -2.51. The first-order valence-electron chi connectivity index (χ1n) is 5.78. The van der Waals surface area contributed by atoms with Crippen LogP contribution in [-0.4, -0.2) is 26.2 Å². The maximum Gasteiger partial charge on any atom is 0.372 e. The molecule has 0 aliphatic heterocycles. The third kappa shape index (κ3) is 4.59. The van der Waals surface area contributed by atoms with Gasteiger partial charge >= 0.3 is 11.5 Å². The molecule has 0 aliphatic carbocycles. The van der Waals surface area contributed by atoms with Crippen molar-refractivity contribution in [3.63, 3.8) is 0 Å². The maximum absolute atomic E-state index is 13.5. The van der Waals surface area contributed by atoms with Crippen LogP contribution in [0.2, 0.25) is 19.6 Å². The summed E-state index contributed by atoms with van der Waals surface area (Å²) in [4.78, 5) is 11.2. The van der Waals surface area contributed by atoms with Crippen molar-refractivity contribution in [1.82, 2.24) is 0 Å². The zero-order valence-electron chi connectivity index (χ0n) is 10.6. The van der Waals surface area contributed by atoms with Crippen LogP contribution in [0.15, 0.2) is 0 Å². The number of halogens is 2. The fraction of sp³-hybridized carbons (Fsp3) is 0.909. The molecule has 0 heterocycles.